The molecule has 1 amide bonds. The Morgan fingerprint density at radius 3 is 2.40 bits per heavy atom. The van der Waals surface area contributed by atoms with E-state index in [1.54, 1.807) is 17.1 Å². The molecule has 1 saturated heterocycles. The second-order valence-electron chi connectivity index (χ2n) is 5.63. The average Bonchev–Trinajstić information content (AvgIpc) is 2.84. The molecule has 2 rings (SSSR count). The molecule has 20 heavy (non-hydrogen) atoms. The topological polar surface area (TPSA) is 67.4 Å². The van der Waals surface area contributed by atoms with Gasteiger partial charge in [0.2, 0.25) is 0 Å². The van der Waals surface area contributed by atoms with Crippen LogP contribution in [0.15, 0.2) is 12.5 Å². The SMILES string of the molecule is Cn1cnc(C(=O)N2CCN(C(C)(C)C(N)=S)CC2)c1. The summed E-state index contributed by atoms with van der Waals surface area (Å²) in [7, 11) is 1.85. The molecule has 0 aliphatic carbocycles. The molecule has 2 N–H and O–H groups in total. The molecule has 1 aliphatic rings. The van der Waals surface area contributed by atoms with Gasteiger partial charge in [-0.3, -0.25) is 9.69 Å². The second kappa shape index (κ2) is 5.49. The van der Waals surface area contributed by atoms with Crippen LogP contribution in [0.4, 0.5) is 0 Å². The Morgan fingerprint density at radius 1 is 1.35 bits per heavy atom. The number of amides is 1. The maximum atomic E-state index is 12.3. The van der Waals surface area contributed by atoms with E-state index in [0.29, 0.717) is 23.8 Å². The van der Waals surface area contributed by atoms with E-state index in [4.69, 9.17) is 18.0 Å². The monoisotopic (exact) mass is 295 g/mol. The van der Waals surface area contributed by atoms with E-state index in [1.807, 2.05) is 25.8 Å². The Balaban J connectivity index is 1.98. The highest BCUT2D eigenvalue weighted by Gasteiger charge is 2.33. The summed E-state index contributed by atoms with van der Waals surface area (Å²) in [4.78, 5) is 20.9. The molecule has 1 aliphatic heterocycles. The quantitative estimate of drug-likeness (QED) is 0.809. The lowest BCUT2D eigenvalue weighted by Gasteiger charge is -2.43. The van der Waals surface area contributed by atoms with Gasteiger partial charge in [0.15, 0.2) is 0 Å². The van der Waals surface area contributed by atoms with Crippen molar-refractivity contribution >= 4 is 23.1 Å². The molecule has 0 bridgehead atoms. The van der Waals surface area contributed by atoms with Crippen molar-refractivity contribution in [3.05, 3.63) is 18.2 Å². The first-order chi connectivity index (χ1) is 9.32. The minimum absolute atomic E-state index is 0.0154. The lowest BCUT2D eigenvalue weighted by Crippen LogP contribution is -2.59. The summed E-state index contributed by atoms with van der Waals surface area (Å²) in [5.74, 6) is -0.0154. The number of nitrogens with two attached hydrogens (primary N) is 1. The normalized spacial score (nSPS) is 17.2. The number of rotatable bonds is 3. The van der Waals surface area contributed by atoms with E-state index >= 15 is 0 Å². The van der Waals surface area contributed by atoms with E-state index in [-0.39, 0.29) is 11.4 Å². The molecule has 1 fully saturated rings. The largest absolute Gasteiger partial charge is 0.392 e. The Kier molecular flexibility index (Phi) is 4.10. The van der Waals surface area contributed by atoms with E-state index in [9.17, 15) is 4.79 Å². The summed E-state index contributed by atoms with van der Waals surface area (Å²) in [6, 6.07) is 0. The van der Waals surface area contributed by atoms with Crippen LogP contribution >= 0.6 is 12.2 Å². The van der Waals surface area contributed by atoms with Crippen LogP contribution in [0.2, 0.25) is 0 Å². The van der Waals surface area contributed by atoms with Gasteiger partial charge in [0.1, 0.15) is 5.69 Å². The molecule has 0 unspecified atom stereocenters. The Labute approximate surface area is 124 Å². The Morgan fingerprint density at radius 2 is 1.95 bits per heavy atom. The molecular formula is C13H21N5OS. The van der Waals surface area contributed by atoms with Crippen molar-refractivity contribution in [3.8, 4) is 0 Å². The predicted octanol–water partition coefficient (Wildman–Crippen LogP) is 0.243. The summed E-state index contributed by atoms with van der Waals surface area (Å²) in [6.45, 7) is 6.91. The van der Waals surface area contributed by atoms with Crippen LogP contribution in [-0.2, 0) is 7.05 Å². The first kappa shape index (κ1) is 14.9. The van der Waals surface area contributed by atoms with Gasteiger partial charge in [0, 0.05) is 39.4 Å². The van der Waals surface area contributed by atoms with E-state index in [1.165, 1.54) is 0 Å². The number of hydrogen-bond donors (Lipinski definition) is 1. The molecule has 0 aromatic carbocycles. The van der Waals surface area contributed by atoms with Gasteiger partial charge in [-0.2, -0.15) is 0 Å². The van der Waals surface area contributed by atoms with Crippen LogP contribution in [0, 0.1) is 0 Å². The van der Waals surface area contributed by atoms with Crippen LogP contribution < -0.4 is 5.73 Å². The number of aryl methyl sites for hydroxylation is 1. The summed E-state index contributed by atoms with van der Waals surface area (Å²) in [5.41, 5.74) is 5.97. The van der Waals surface area contributed by atoms with Crippen molar-refractivity contribution < 1.29 is 4.79 Å². The zero-order chi connectivity index (χ0) is 14.9. The third-order valence-corrected chi connectivity index (χ3v) is 4.38. The molecule has 1 aromatic heterocycles. The van der Waals surface area contributed by atoms with Crippen LogP contribution in [0.1, 0.15) is 24.3 Å². The van der Waals surface area contributed by atoms with Crippen LogP contribution in [0.3, 0.4) is 0 Å². The summed E-state index contributed by atoms with van der Waals surface area (Å²) >= 11 is 5.12. The van der Waals surface area contributed by atoms with E-state index in [2.05, 4.69) is 9.88 Å². The highest BCUT2D eigenvalue weighted by atomic mass is 32.1. The molecule has 0 atom stereocenters. The van der Waals surface area contributed by atoms with Crippen molar-refractivity contribution in [1.29, 1.82) is 0 Å². The number of hydrogen-bond acceptors (Lipinski definition) is 4. The first-order valence-corrected chi connectivity index (χ1v) is 7.05. The van der Waals surface area contributed by atoms with Crippen molar-refractivity contribution in [2.24, 2.45) is 12.8 Å². The Hall–Kier alpha value is -1.47. The fourth-order valence-corrected chi connectivity index (χ4v) is 2.44. The second-order valence-corrected chi connectivity index (χ2v) is 6.07. The average molecular weight is 295 g/mol. The fourth-order valence-electron chi connectivity index (χ4n) is 2.31. The summed E-state index contributed by atoms with van der Waals surface area (Å²) in [5, 5.41) is 0. The lowest BCUT2D eigenvalue weighted by atomic mass is 10.0. The van der Waals surface area contributed by atoms with Gasteiger partial charge in [0.05, 0.1) is 16.9 Å². The van der Waals surface area contributed by atoms with E-state index < -0.39 is 0 Å². The number of thiocarbonyl (C=S) groups is 1. The van der Waals surface area contributed by atoms with Crippen LogP contribution in [0.25, 0.3) is 0 Å². The summed E-state index contributed by atoms with van der Waals surface area (Å²) < 4.78 is 1.78. The number of carbonyl (C=O) groups excluding carboxylic acids is 1. The number of carbonyl (C=O) groups is 1. The molecule has 0 radical (unpaired) electrons. The van der Waals surface area contributed by atoms with Crippen molar-refractivity contribution in [2.75, 3.05) is 26.2 Å². The third kappa shape index (κ3) is 2.83. The zero-order valence-electron chi connectivity index (χ0n) is 12.2. The molecule has 7 heteroatoms. The lowest BCUT2D eigenvalue weighted by molar-refractivity contribution is 0.0535. The van der Waals surface area contributed by atoms with Crippen LogP contribution in [-0.4, -0.2) is 62.0 Å². The zero-order valence-corrected chi connectivity index (χ0v) is 13.0. The summed E-state index contributed by atoms with van der Waals surface area (Å²) in [6.07, 6.45) is 3.38. The van der Waals surface area contributed by atoms with Gasteiger partial charge in [-0.15, -0.1) is 0 Å². The molecule has 1 aromatic rings. The molecule has 2 heterocycles. The standard InChI is InChI=1S/C13H21N5OS/c1-13(2,12(14)20)18-6-4-17(5-7-18)11(19)10-8-16(3)9-15-10/h8-9H,4-7H2,1-3H3,(H2,14,20). The minimum Gasteiger partial charge on any atom is -0.392 e. The third-order valence-electron chi connectivity index (χ3n) is 3.88. The molecule has 0 saturated carbocycles. The van der Waals surface area contributed by atoms with Crippen LogP contribution in [0.5, 0.6) is 0 Å². The highest BCUT2D eigenvalue weighted by Crippen LogP contribution is 2.18. The molecule has 110 valence electrons. The van der Waals surface area contributed by atoms with Crippen molar-refractivity contribution in [1.82, 2.24) is 19.4 Å². The van der Waals surface area contributed by atoms with Crippen molar-refractivity contribution in [3.63, 3.8) is 0 Å². The maximum Gasteiger partial charge on any atom is 0.274 e. The smallest absolute Gasteiger partial charge is 0.274 e. The van der Waals surface area contributed by atoms with Gasteiger partial charge in [0.25, 0.3) is 5.91 Å². The van der Waals surface area contributed by atoms with Gasteiger partial charge >= 0.3 is 0 Å². The number of aromatic nitrogens is 2. The maximum absolute atomic E-state index is 12.3. The highest BCUT2D eigenvalue weighted by molar-refractivity contribution is 7.80. The van der Waals surface area contributed by atoms with Gasteiger partial charge in [-0.05, 0) is 13.8 Å². The van der Waals surface area contributed by atoms with Crippen molar-refractivity contribution in [2.45, 2.75) is 19.4 Å². The minimum atomic E-state index is -0.310. The van der Waals surface area contributed by atoms with Gasteiger partial charge in [-0.1, -0.05) is 12.2 Å². The molecule has 6 nitrogen and oxygen atoms in total. The molecular weight excluding hydrogens is 274 g/mol. The van der Waals surface area contributed by atoms with Gasteiger partial charge < -0.3 is 15.2 Å². The fraction of sp³-hybridized carbons (Fsp3) is 0.615. The van der Waals surface area contributed by atoms with Gasteiger partial charge in [-0.25, -0.2) is 4.98 Å². The predicted molar refractivity (Wildman–Crippen MR) is 81.5 cm³/mol. The van der Waals surface area contributed by atoms with E-state index in [0.717, 1.165) is 13.1 Å². The number of imidazole rings is 1. The number of nitrogens with zero attached hydrogens (tertiary/aromatic N) is 4. The first-order valence-electron chi connectivity index (χ1n) is 6.64. The Bertz CT molecular complexity index is 517. The molecule has 0 spiro atoms. The number of piperazine rings is 1.